The average molecular weight is 270 g/mol. The van der Waals surface area contributed by atoms with Gasteiger partial charge in [0.15, 0.2) is 0 Å². The first-order valence-electron chi connectivity index (χ1n) is 6.21. The summed E-state index contributed by atoms with van der Waals surface area (Å²) in [7, 11) is 1.56. The summed E-state index contributed by atoms with van der Waals surface area (Å²) in [5.41, 5.74) is 2.46. The predicted octanol–water partition coefficient (Wildman–Crippen LogP) is 3.04. The highest BCUT2D eigenvalue weighted by Gasteiger charge is 2.16. The third kappa shape index (κ3) is 2.16. The second-order valence-electron chi connectivity index (χ2n) is 4.56. The largest absolute Gasteiger partial charge is 0.508 e. The van der Waals surface area contributed by atoms with E-state index < -0.39 is 0 Å². The molecule has 0 aromatic heterocycles. The molecule has 0 fully saturated rings. The Morgan fingerprint density at radius 2 is 1.95 bits per heavy atom. The molecule has 0 aliphatic carbocycles. The normalized spacial score (nSPS) is 13.2. The fourth-order valence-corrected chi connectivity index (χ4v) is 2.22. The van der Waals surface area contributed by atoms with Crippen LogP contribution < -0.4 is 9.47 Å². The lowest BCUT2D eigenvalue weighted by atomic mass is 10.00. The van der Waals surface area contributed by atoms with Crippen molar-refractivity contribution in [2.24, 2.45) is 0 Å². The summed E-state index contributed by atoms with van der Waals surface area (Å²) in [6.07, 6.45) is 1.94. The van der Waals surface area contributed by atoms with Gasteiger partial charge in [0.25, 0.3) is 0 Å². The van der Waals surface area contributed by atoms with Crippen LogP contribution in [0.25, 0.3) is 11.6 Å². The van der Waals surface area contributed by atoms with Crippen LogP contribution in [0, 0.1) is 0 Å². The SMILES string of the molecule is COc1ccc(C2=Cc3ccc(O)cc3OC2)c(O)c1. The van der Waals surface area contributed by atoms with E-state index in [9.17, 15) is 10.2 Å². The summed E-state index contributed by atoms with van der Waals surface area (Å²) in [5, 5.41) is 19.5. The Balaban J connectivity index is 2.01. The molecule has 0 amide bonds. The van der Waals surface area contributed by atoms with Crippen molar-refractivity contribution >= 4 is 11.6 Å². The summed E-state index contributed by atoms with van der Waals surface area (Å²) in [6.45, 7) is 0.344. The number of fused-ring (bicyclic) bond motifs is 1. The maximum atomic E-state index is 10.1. The first-order chi connectivity index (χ1) is 9.67. The van der Waals surface area contributed by atoms with E-state index >= 15 is 0 Å². The molecular weight excluding hydrogens is 256 g/mol. The van der Waals surface area contributed by atoms with Crippen LogP contribution in [0.15, 0.2) is 36.4 Å². The van der Waals surface area contributed by atoms with E-state index in [2.05, 4.69) is 0 Å². The zero-order valence-electron chi connectivity index (χ0n) is 11.0. The van der Waals surface area contributed by atoms with Crippen LogP contribution >= 0.6 is 0 Å². The summed E-state index contributed by atoms with van der Waals surface area (Å²) in [6, 6.07) is 10.1. The number of benzene rings is 2. The summed E-state index contributed by atoms with van der Waals surface area (Å²) in [4.78, 5) is 0. The minimum atomic E-state index is 0.154. The highest BCUT2D eigenvalue weighted by molar-refractivity contribution is 5.87. The molecule has 1 aliphatic rings. The van der Waals surface area contributed by atoms with Crippen molar-refractivity contribution < 1.29 is 19.7 Å². The van der Waals surface area contributed by atoms with Gasteiger partial charge in [0, 0.05) is 28.8 Å². The lowest BCUT2D eigenvalue weighted by Gasteiger charge is -2.19. The molecule has 1 aliphatic heterocycles. The number of hydrogen-bond donors (Lipinski definition) is 2. The zero-order chi connectivity index (χ0) is 14.1. The van der Waals surface area contributed by atoms with Crippen molar-refractivity contribution in [3.05, 3.63) is 47.5 Å². The highest BCUT2D eigenvalue weighted by Crippen LogP contribution is 2.36. The molecule has 3 rings (SSSR count). The highest BCUT2D eigenvalue weighted by atomic mass is 16.5. The molecule has 0 spiro atoms. The summed E-state index contributed by atoms with van der Waals surface area (Å²) < 4.78 is 10.7. The molecule has 20 heavy (non-hydrogen) atoms. The van der Waals surface area contributed by atoms with Gasteiger partial charge in [-0.2, -0.15) is 0 Å². The Morgan fingerprint density at radius 1 is 1.10 bits per heavy atom. The smallest absolute Gasteiger partial charge is 0.130 e. The van der Waals surface area contributed by atoms with Crippen LogP contribution in [-0.2, 0) is 0 Å². The van der Waals surface area contributed by atoms with E-state index in [-0.39, 0.29) is 11.5 Å². The van der Waals surface area contributed by atoms with Gasteiger partial charge in [0.1, 0.15) is 29.6 Å². The molecule has 102 valence electrons. The summed E-state index contributed by atoms with van der Waals surface area (Å²) in [5.74, 6) is 1.57. The van der Waals surface area contributed by atoms with E-state index in [0.29, 0.717) is 23.7 Å². The predicted molar refractivity (Wildman–Crippen MR) is 76.1 cm³/mol. The van der Waals surface area contributed by atoms with Crippen LogP contribution in [0.5, 0.6) is 23.0 Å². The second kappa shape index (κ2) is 4.81. The van der Waals surface area contributed by atoms with Crippen molar-refractivity contribution in [3.63, 3.8) is 0 Å². The Bertz CT molecular complexity index is 689. The fraction of sp³-hybridized carbons (Fsp3) is 0.125. The van der Waals surface area contributed by atoms with Crippen LogP contribution in [-0.4, -0.2) is 23.9 Å². The van der Waals surface area contributed by atoms with Gasteiger partial charge in [0.05, 0.1) is 7.11 Å². The van der Waals surface area contributed by atoms with E-state index in [1.807, 2.05) is 6.08 Å². The van der Waals surface area contributed by atoms with Crippen molar-refractivity contribution in [1.29, 1.82) is 0 Å². The number of rotatable bonds is 2. The van der Waals surface area contributed by atoms with Crippen molar-refractivity contribution in [2.45, 2.75) is 0 Å². The Labute approximate surface area is 116 Å². The third-order valence-corrected chi connectivity index (χ3v) is 3.26. The number of hydrogen-bond acceptors (Lipinski definition) is 4. The number of phenols is 2. The summed E-state index contributed by atoms with van der Waals surface area (Å²) >= 11 is 0. The number of methoxy groups -OCH3 is 1. The molecule has 0 saturated carbocycles. The molecule has 0 atom stereocenters. The van der Waals surface area contributed by atoms with Crippen LogP contribution in [0.1, 0.15) is 11.1 Å². The van der Waals surface area contributed by atoms with Gasteiger partial charge in [0.2, 0.25) is 0 Å². The maximum Gasteiger partial charge on any atom is 0.130 e. The molecule has 4 nitrogen and oxygen atoms in total. The quantitative estimate of drug-likeness (QED) is 0.880. The molecular formula is C16H14O4. The standard InChI is InChI=1S/C16H14O4/c1-19-13-4-5-14(15(18)8-13)11-6-10-2-3-12(17)7-16(10)20-9-11/h2-8,17-18H,9H2,1H3. The van der Waals surface area contributed by atoms with Crippen molar-refractivity contribution in [3.8, 4) is 23.0 Å². The van der Waals surface area contributed by atoms with Gasteiger partial charge in [-0.25, -0.2) is 0 Å². The lowest BCUT2D eigenvalue weighted by molar-refractivity contribution is 0.361. The fourth-order valence-electron chi connectivity index (χ4n) is 2.22. The van der Waals surface area contributed by atoms with Crippen molar-refractivity contribution in [1.82, 2.24) is 0 Å². The van der Waals surface area contributed by atoms with Crippen molar-refractivity contribution in [2.75, 3.05) is 13.7 Å². The Morgan fingerprint density at radius 3 is 2.70 bits per heavy atom. The first-order valence-corrected chi connectivity index (χ1v) is 6.21. The third-order valence-electron chi connectivity index (χ3n) is 3.26. The number of aromatic hydroxyl groups is 2. The van der Waals surface area contributed by atoms with E-state index in [1.54, 1.807) is 43.5 Å². The van der Waals surface area contributed by atoms with Crippen LogP contribution in [0.3, 0.4) is 0 Å². The molecule has 2 aromatic rings. The second-order valence-corrected chi connectivity index (χ2v) is 4.56. The van der Waals surface area contributed by atoms with Gasteiger partial charge in [-0.3, -0.25) is 0 Å². The average Bonchev–Trinajstić information content (AvgIpc) is 2.46. The number of phenolic OH excluding ortho intramolecular Hbond substituents is 2. The molecule has 0 bridgehead atoms. The van der Waals surface area contributed by atoms with E-state index in [0.717, 1.165) is 11.1 Å². The topological polar surface area (TPSA) is 58.9 Å². The van der Waals surface area contributed by atoms with E-state index in [1.165, 1.54) is 0 Å². The Hall–Kier alpha value is -2.62. The zero-order valence-corrected chi connectivity index (χ0v) is 11.0. The minimum absolute atomic E-state index is 0.154. The lowest BCUT2D eigenvalue weighted by Crippen LogP contribution is -2.06. The van der Waals surface area contributed by atoms with Gasteiger partial charge in [-0.1, -0.05) is 0 Å². The molecule has 0 saturated heterocycles. The molecule has 2 aromatic carbocycles. The van der Waals surface area contributed by atoms with Gasteiger partial charge in [-0.05, 0) is 30.3 Å². The Kier molecular flexibility index (Phi) is 2.99. The van der Waals surface area contributed by atoms with Crippen LogP contribution in [0.4, 0.5) is 0 Å². The number of ether oxygens (including phenoxy) is 2. The maximum absolute atomic E-state index is 10.1. The monoisotopic (exact) mass is 270 g/mol. The van der Waals surface area contributed by atoms with E-state index in [4.69, 9.17) is 9.47 Å². The van der Waals surface area contributed by atoms with Crippen LogP contribution in [0.2, 0.25) is 0 Å². The molecule has 1 heterocycles. The molecule has 0 unspecified atom stereocenters. The molecule has 0 radical (unpaired) electrons. The minimum Gasteiger partial charge on any atom is -0.508 e. The molecule has 2 N–H and O–H groups in total. The molecule has 4 heteroatoms. The van der Waals surface area contributed by atoms with Gasteiger partial charge < -0.3 is 19.7 Å². The van der Waals surface area contributed by atoms with Gasteiger partial charge >= 0.3 is 0 Å². The first kappa shape index (κ1) is 12.4. The van der Waals surface area contributed by atoms with Gasteiger partial charge in [-0.15, -0.1) is 0 Å².